The summed E-state index contributed by atoms with van der Waals surface area (Å²) >= 11 is 0. The Morgan fingerprint density at radius 3 is 2.03 bits per heavy atom. The maximum atomic E-state index is 7.00. The van der Waals surface area contributed by atoms with E-state index >= 15 is 0 Å². The Balaban J connectivity index is 1.67. The molecular formula is C28H52O3Si3. The summed E-state index contributed by atoms with van der Waals surface area (Å²) in [6.45, 7) is 26.1. The first-order valence-corrected chi connectivity index (χ1v) is 24.1. The molecule has 0 heterocycles. The molecule has 5 unspecified atom stereocenters. The van der Waals surface area contributed by atoms with Gasteiger partial charge in [0.2, 0.25) is 8.32 Å². The molecule has 3 nitrogen and oxygen atoms in total. The second-order valence-corrected chi connectivity index (χ2v) is 28.6. The highest BCUT2D eigenvalue weighted by atomic mass is 28.4. The SMILES string of the molecule is CC12CC=C(O[Si](C)(C)C)C=C1[C@H](O[Si](C)(C)C)CC1C2CCC2(C)C1CC[C@@H]2O[Si](C)(C)C. The van der Waals surface area contributed by atoms with Crippen molar-refractivity contribution in [3.63, 3.8) is 0 Å². The van der Waals surface area contributed by atoms with Crippen LogP contribution in [0.1, 0.15) is 52.4 Å². The lowest BCUT2D eigenvalue weighted by Gasteiger charge is -2.60. The lowest BCUT2D eigenvalue weighted by atomic mass is 9.47. The number of hydrogen-bond donors (Lipinski definition) is 0. The van der Waals surface area contributed by atoms with Crippen LogP contribution in [0.2, 0.25) is 58.9 Å². The molecule has 4 rings (SSSR count). The van der Waals surface area contributed by atoms with Gasteiger partial charge in [-0.15, -0.1) is 0 Å². The maximum Gasteiger partial charge on any atom is 0.242 e. The summed E-state index contributed by atoms with van der Waals surface area (Å²) < 4.78 is 20.3. The van der Waals surface area contributed by atoms with Gasteiger partial charge in [0, 0.05) is 0 Å². The fourth-order valence-corrected chi connectivity index (χ4v) is 11.1. The molecule has 0 saturated heterocycles. The van der Waals surface area contributed by atoms with Crippen molar-refractivity contribution in [2.24, 2.45) is 28.6 Å². The molecule has 4 aliphatic carbocycles. The van der Waals surface area contributed by atoms with Crippen LogP contribution in [0.15, 0.2) is 23.5 Å². The smallest absolute Gasteiger partial charge is 0.242 e. The number of rotatable bonds is 6. The van der Waals surface area contributed by atoms with Gasteiger partial charge in [0.25, 0.3) is 0 Å². The second-order valence-electron chi connectivity index (χ2n) is 15.2. The minimum absolute atomic E-state index is 0.193. The zero-order valence-corrected chi connectivity index (χ0v) is 27.0. The number of fused-ring (bicyclic) bond motifs is 5. The summed E-state index contributed by atoms with van der Waals surface area (Å²) in [6.07, 6.45) is 13.1. The van der Waals surface area contributed by atoms with Gasteiger partial charge in [0.15, 0.2) is 16.6 Å². The summed E-state index contributed by atoms with van der Waals surface area (Å²) in [5.74, 6) is 3.36. The molecule has 3 saturated carbocycles. The lowest BCUT2D eigenvalue weighted by Crippen LogP contribution is -2.56. The van der Waals surface area contributed by atoms with Gasteiger partial charge >= 0.3 is 0 Å². The zero-order chi connectivity index (χ0) is 25.3. The third-order valence-corrected chi connectivity index (χ3v) is 11.9. The molecule has 0 aromatic heterocycles. The molecule has 0 aliphatic heterocycles. The first-order chi connectivity index (χ1) is 15.4. The van der Waals surface area contributed by atoms with Crippen molar-refractivity contribution in [2.45, 2.75) is 124 Å². The highest BCUT2D eigenvalue weighted by molar-refractivity contribution is 6.70. The van der Waals surface area contributed by atoms with Gasteiger partial charge in [-0.25, -0.2) is 0 Å². The molecule has 6 heteroatoms. The van der Waals surface area contributed by atoms with E-state index in [0.29, 0.717) is 11.5 Å². The Bertz CT molecular complexity index is 846. The van der Waals surface area contributed by atoms with E-state index in [1.165, 1.54) is 32.1 Å². The molecule has 0 aromatic rings. The predicted molar refractivity (Wildman–Crippen MR) is 151 cm³/mol. The molecule has 0 spiro atoms. The van der Waals surface area contributed by atoms with Crippen LogP contribution in [0.5, 0.6) is 0 Å². The van der Waals surface area contributed by atoms with E-state index in [1.54, 1.807) is 5.57 Å². The van der Waals surface area contributed by atoms with Crippen LogP contribution in [0.3, 0.4) is 0 Å². The Hall–Kier alpha value is -0.149. The first kappa shape index (κ1) is 26.9. The third-order valence-electron chi connectivity index (χ3n) is 9.10. The first-order valence-electron chi connectivity index (χ1n) is 13.9. The summed E-state index contributed by atoms with van der Waals surface area (Å²) in [7, 11) is -4.88. The quantitative estimate of drug-likeness (QED) is 0.329. The van der Waals surface area contributed by atoms with E-state index in [2.05, 4.69) is 84.9 Å². The van der Waals surface area contributed by atoms with Crippen LogP contribution >= 0.6 is 0 Å². The van der Waals surface area contributed by atoms with Crippen molar-refractivity contribution >= 4 is 25.0 Å². The second kappa shape index (κ2) is 8.71. The van der Waals surface area contributed by atoms with E-state index in [1.807, 2.05) is 0 Å². The number of hydrogen-bond acceptors (Lipinski definition) is 3. The van der Waals surface area contributed by atoms with E-state index < -0.39 is 25.0 Å². The van der Waals surface area contributed by atoms with Crippen molar-refractivity contribution in [3.8, 4) is 0 Å². The lowest BCUT2D eigenvalue weighted by molar-refractivity contribution is -0.0843. The molecule has 0 N–H and O–H groups in total. The van der Waals surface area contributed by atoms with Crippen LogP contribution < -0.4 is 0 Å². The summed E-state index contributed by atoms with van der Waals surface area (Å²) in [5, 5.41) is 0. The topological polar surface area (TPSA) is 27.7 Å². The normalized spacial score (nSPS) is 40.6. The van der Waals surface area contributed by atoms with Gasteiger partial charge in [0.05, 0.1) is 18.0 Å². The van der Waals surface area contributed by atoms with Crippen LogP contribution in [0.4, 0.5) is 0 Å². The predicted octanol–water partition coefficient (Wildman–Crippen LogP) is 8.34. The molecule has 3 fully saturated rings. The Morgan fingerprint density at radius 1 is 0.794 bits per heavy atom. The summed E-state index contributed by atoms with van der Waals surface area (Å²) in [4.78, 5) is 0. The van der Waals surface area contributed by atoms with Crippen molar-refractivity contribution in [2.75, 3.05) is 0 Å². The van der Waals surface area contributed by atoms with Gasteiger partial charge in [0.1, 0.15) is 0 Å². The van der Waals surface area contributed by atoms with Crippen molar-refractivity contribution in [1.29, 1.82) is 0 Å². The minimum atomic E-state index is -1.69. The van der Waals surface area contributed by atoms with Gasteiger partial charge < -0.3 is 13.3 Å². The Morgan fingerprint density at radius 2 is 1.44 bits per heavy atom. The largest absolute Gasteiger partial charge is 0.545 e. The molecule has 194 valence electrons. The fourth-order valence-electron chi connectivity index (χ4n) is 7.95. The van der Waals surface area contributed by atoms with E-state index in [0.717, 1.165) is 29.9 Å². The van der Waals surface area contributed by atoms with Crippen molar-refractivity contribution < 1.29 is 13.3 Å². The molecule has 7 atom stereocenters. The van der Waals surface area contributed by atoms with Gasteiger partial charge in [-0.2, -0.15) is 0 Å². The standard InChI is InChI=1S/C28H52O3Si3/c1-27-16-14-20(29-32(3,4)5)18-24(27)25(30-33(6,7)8)19-21-22-12-13-26(31-34(9,10)11)28(22,2)17-15-23(21)27/h14,18,21-23,25-26H,12-13,15-17,19H2,1-11H3/t21?,22?,23?,25-,26+,27?,28?/m1/s1. The monoisotopic (exact) mass is 520 g/mol. The van der Waals surface area contributed by atoms with Crippen LogP contribution in [0, 0.1) is 28.6 Å². The van der Waals surface area contributed by atoms with E-state index in [9.17, 15) is 0 Å². The van der Waals surface area contributed by atoms with Crippen LogP contribution in [-0.2, 0) is 13.3 Å². The Labute approximate surface area is 213 Å². The van der Waals surface area contributed by atoms with E-state index in [-0.39, 0.29) is 11.5 Å². The van der Waals surface area contributed by atoms with Crippen LogP contribution in [0.25, 0.3) is 0 Å². The number of allylic oxidation sites excluding steroid dienone is 2. The maximum absolute atomic E-state index is 7.00. The molecule has 0 radical (unpaired) electrons. The average molecular weight is 521 g/mol. The molecule has 0 aromatic carbocycles. The average Bonchev–Trinajstić information content (AvgIpc) is 2.95. The molecule has 0 bridgehead atoms. The zero-order valence-electron chi connectivity index (χ0n) is 24.0. The summed E-state index contributed by atoms with van der Waals surface area (Å²) in [6, 6.07) is 0. The molecule has 34 heavy (non-hydrogen) atoms. The highest BCUT2D eigenvalue weighted by Crippen LogP contribution is 2.66. The summed E-state index contributed by atoms with van der Waals surface area (Å²) in [5.41, 5.74) is 2.07. The van der Waals surface area contributed by atoms with Gasteiger partial charge in [-0.3, -0.25) is 0 Å². The van der Waals surface area contributed by atoms with Gasteiger partial charge in [-0.1, -0.05) is 13.8 Å². The Kier molecular flexibility index (Phi) is 6.89. The van der Waals surface area contributed by atoms with E-state index in [4.69, 9.17) is 13.3 Å². The fraction of sp³-hybridized carbons (Fsp3) is 0.857. The molecule has 4 aliphatic rings. The van der Waals surface area contributed by atoms with Crippen LogP contribution in [-0.4, -0.2) is 37.2 Å². The van der Waals surface area contributed by atoms with Crippen molar-refractivity contribution in [3.05, 3.63) is 23.5 Å². The third kappa shape index (κ3) is 5.27. The minimum Gasteiger partial charge on any atom is -0.545 e. The molecule has 0 amide bonds. The van der Waals surface area contributed by atoms with Crippen molar-refractivity contribution in [1.82, 2.24) is 0 Å². The molecular weight excluding hydrogens is 469 g/mol. The highest BCUT2D eigenvalue weighted by Gasteiger charge is 2.61. The van der Waals surface area contributed by atoms with Gasteiger partial charge in [-0.05, 0) is 144 Å².